The second kappa shape index (κ2) is 5.34. The van der Waals surface area contributed by atoms with Crippen molar-refractivity contribution in [3.8, 4) is 0 Å². The minimum atomic E-state index is -3.02. The minimum absolute atomic E-state index is 0.225. The third kappa shape index (κ3) is 2.65. The Balaban J connectivity index is 1.94. The van der Waals surface area contributed by atoms with Gasteiger partial charge in [0.05, 0.1) is 0 Å². The molecule has 3 rings (SSSR count). The molecular weight excluding hydrogens is 353 g/mol. The number of hydrogen-bond acceptors (Lipinski definition) is 8. The van der Waals surface area contributed by atoms with Gasteiger partial charge < -0.3 is 0 Å². The predicted octanol–water partition coefficient (Wildman–Crippen LogP) is -0.337. The second-order valence-electron chi connectivity index (χ2n) is 5.89. The number of imidazole rings is 1. The third-order valence-electron chi connectivity index (χ3n) is 3.62. The molecular formula is C12H18AsN5O4. The van der Waals surface area contributed by atoms with Crippen molar-refractivity contribution >= 4 is 30.5 Å². The van der Waals surface area contributed by atoms with Crippen LogP contribution in [0.3, 0.4) is 0 Å². The first kappa shape index (κ1) is 15.5. The normalized spacial score (nSPS) is 29.3. The molecule has 0 spiro atoms. The molecule has 1 saturated heterocycles. The zero-order chi connectivity index (χ0) is 16.1. The molecule has 0 aliphatic carbocycles. The van der Waals surface area contributed by atoms with E-state index in [1.807, 2.05) is 0 Å². The first-order chi connectivity index (χ1) is 10.3. The Hall–Kier alpha value is -1.41. The standard InChI is InChI=1S/C12H18AsN5O4/c1-13(2,21)3-6-8(19)9(20)12(22-6)18-5-17-7-10(14)15-4-16-11(7)18/h4-6,8-9,12,19-20H,3H2,1-2H3,(H2,14,15,16)/t6-,8-,9-,12-/m1/s1. The van der Waals surface area contributed by atoms with Gasteiger partial charge in [0.15, 0.2) is 0 Å². The van der Waals surface area contributed by atoms with Gasteiger partial charge in [0.25, 0.3) is 0 Å². The fourth-order valence-electron chi connectivity index (χ4n) is 2.60. The van der Waals surface area contributed by atoms with Crippen LogP contribution in [0.1, 0.15) is 6.23 Å². The number of anilines is 1. The van der Waals surface area contributed by atoms with Crippen molar-refractivity contribution in [2.45, 2.75) is 41.2 Å². The summed E-state index contributed by atoms with van der Waals surface area (Å²) in [6, 6.07) is 0. The van der Waals surface area contributed by atoms with E-state index in [0.717, 1.165) is 0 Å². The molecule has 9 nitrogen and oxygen atoms in total. The Morgan fingerprint density at radius 1 is 1.32 bits per heavy atom. The predicted molar refractivity (Wildman–Crippen MR) is 78.6 cm³/mol. The van der Waals surface area contributed by atoms with Crippen molar-refractivity contribution in [3.05, 3.63) is 12.7 Å². The Bertz CT molecular complexity index is 744. The number of nitrogens with two attached hydrogens (primary N) is 1. The Morgan fingerprint density at radius 3 is 2.73 bits per heavy atom. The first-order valence-electron chi connectivity index (χ1n) is 6.76. The van der Waals surface area contributed by atoms with Crippen LogP contribution < -0.4 is 5.73 Å². The van der Waals surface area contributed by atoms with Crippen molar-refractivity contribution < 1.29 is 18.7 Å². The van der Waals surface area contributed by atoms with Crippen LogP contribution in [-0.4, -0.2) is 61.5 Å². The summed E-state index contributed by atoms with van der Waals surface area (Å²) in [6.07, 6.45) is -1.10. The van der Waals surface area contributed by atoms with Gasteiger partial charge in [-0.05, 0) is 0 Å². The molecule has 1 aliphatic rings. The van der Waals surface area contributed by atoms with E-state index in [1.165, 1.54) is 17.2 Å². The van der Waals surface area contributed by atoms with Gasteiger partial charge in [0.2, 0.25) is 0 Å². The monoisotopic (exact) mass is 371 g/mol. The van der Waals surface area contributed by atoms with Crippen LogP contribution in [0.5, 0.6) is 0 Å². The fraction of sp³-hybridized carbons (Fsp3) is 0.583. The van der Waals surface area contributed by atoms with Crippen LogP contribution >= 0.6 is 0 Å². The second-order valence-corrected chi connectivity index (χ2v) is 13.3. The van der Waals surface area contributed by atoms with E-state index in [4.69, 9.17) is 10.5 Å². The molecule has 0 amide bonds. The van der Waals surface area contributed by atoms with Crippen molar-refractivity contribution in [3.63, 3.8) is 0 Å². The maximum atomic E-state index is 12.0. The summed E-state index contributed by atoms with van der Waals surface area (Å²) in [4.78, 5) is 12.1. The molecule has 0 saturated carbocycles. The molecule has 4 atom stereocenters. The number of aliphatic hydroxyl groups excluding tert-OH is 2. The summed E-state index contributed by atoms with van der Waals surface area (Å²) in [5, 5.41) is 20.6. The molecule has 1 aliphatic heterocycles. The van der Waals surface area contributed by atoms with Gasteiger partial charge in [-0.15, -0.1) is 0 Å². The number of nitrogen functional groups attached to an aromatic ring is 1. The average molecular weight is 371 g/mol. The molecule has 2 aromatic heterocycles. The SMILES string of the molecule is C[As](C)(=O)C[C@H]1O[C@@H](n2cnc3c(N)ncnc32)[C@H](O)[C@@H]1O. The zero-order valence-corrected chi connectivity index (χ0v) is 14.1. The molecule has 2 aromatic rings. The summed E-state index contributed by atoms with van der Waals surface area (Å²) in [5.74, 6) is 0.225. The van der Waals surface area contributed by atoms with Gasteiger partial charge in [-0.1, -0.05) is 0 Å². The molecule has 120 valence electrons. The topological polar surface area (TPSA) is 136 Å². The van der Waals surface area contributed by atoms with Crippen molar-refractivity contribution in [2.75, 3.05) is 5.73 Å². The molecule has 10 heteroatoms. The number of hydrogen-bond donors (Lipinski definition) is 3. The molecule has 4 N–H and O–H groups in total. The molecule has 0 aromatic carbocycles. The Kier molecular flexibility index (Phi) is 3.76. The summed E-state index contributed by atoms with van der Waals surface area (Å²) in [7, 11) is 0. The molecule has 0 bridgehead atoms. The number of rotatable bonds is 3. The summed E-state index contributed by atoms with van der Waals surface area (Å²) < 4.78 is 19.2. The van der Waals surface area contributed by atoms with Crippen LogP contribution in [0.15, 0.2) is 12.7 Å². The van der Waals surface area contributed by atoms with E-state index >= 15 is 0 Å². The molecule has 22 heavy (non-hydrogen) atoms. The van der Waals surface area contributed by atoms with Crippen LogP contribution in [0.25, 0.3) is 11.2 Å². The van der Waals surface area contributed by atoms with E-state index < -0.39 is 38.0 Å². The van der Waals surface area contributed by atoms with Crippen LogP contribution in [-0.2, 0) is 8.48 Å². The zero-order valence-electron chi connectivity index (χ0n) is 12.2. The van der Waals surface area contributed by atoms with Crippen molar-refractivity contribution in [1.29, 1.82) is 0 Å². The van der Waals surface area contributed by atoms with Gasteiger partial charge in [-0.25, -0.2) is 0 Å². The summed E-state index contributed by atoms with van der Waals surface area (Å²) in [6.45, 7) is 0. The van der Waals surface area contributed by atoms with Crippen molar-refractivity contribution in [1.82, 2.24) is 19.5 Å². The van der Waals surface area contributed by atoms with E-state index in [2.05, 4.69) is 15.0 Å². The third-order valence-corrected chi connectivity index (χ3v) is 6.22. The number of ether oxygens (including phenoxy) is 1. The van der Waals surface area contributed by atoms with E-state index in [0.29, 0.717) is 11.2 Å². The number of aromatic nitrogens is 4. The van der Waals surface area contributed by atoms with Gasteiger partial charge in [0, 0.05) is 0 Å². The van der Waals surface area contributed by atoms with E-state index in [9.17, 15) is 14.0 Å². The summed E-state index contributed by atoms with van der Waals surface area (Å²) >= 11 is -3.02. The molecule has 0 unspecified atom stereocenters. The number of fused-ring (bicyclic) bond motifs is 1. The first-order valence-corrected chi connectivity index (χ1v) is 12.6. The van der Waals surface area contributed by atoms with Crippen LogP contribution in [0.4, 0.5) is 5.82 Å². The van der Waals surface area contributed by atoms with E-state index in [-0.39, 0.29) is 11.0 Å². The van der Waals surface area contributed by atoms with Gasteiger partial charge >= 0.3 is 128 Å². The Morgan fingerprint density at radius 2 is 2.05 bits per heavy atom. The van der Waals surface area contributed by atoms with Gasteiger partial charge in [-0.2, -0.15) is 0 Å². The average Bonchev–Trinajstić information content (AvgIpc) is 2.95. The molecule has 0 radical (unpaired) electrons. The number of aliphatic hydroxyl groups is 2. The maximum absolute atomic E-state index is 12.0. The fourth-order valence-corrected chi connectivity index (χ4v) is 5.05. The van der Waals surface area contributed by atoms with E-state index in [1.54, 1.807) is 11.4 Å². The quantitative estimate of drug-likeness (QED) is 0.624. The van der Waals surface area contributed by atoms with Gasteiger partial charge in [-0.3, -0.25) is 0 Å². The molecule has 3 heterocycles. The van der Waals surface area contributed by atoms with Gasteiger partial charge in [0.1, 0.15) is 0 Å². The van der Waals surface area contributed by atoms with Crippen LogP contribution in [0.2, 0.25) is 16.6 Å². The van der Waals surface area contributed by atoms with Crippen LogP contribution in [0, 0.1) is 0 Å². The Labute approximate surface area is 128 Å². The number of nitrogens with zero attached hydrogens (tertiary/aromatic N) is 4. The molecule has 1 fully saturated rings. The summed E-state index contributed by atoms with van der Waals surface area (Å²) in [5.41, 5.74) is 9.89. The van der Waals surface area contributed by atoms with Crippen molar-refractivity contribution in [2.24, 2.45) is 0 Å².